The lowest BCUT2D eigenvalue weighted by molar-refractivity contribution is -0.302. The second kappa shape index (κ2) is 20.1. The van der Waals surface area contributed by atoms with E-state index in [2.05, 4.69) is 6.08 Å². The quantitative estimate of drug-likeness (QED) is 0.225. The standard InChI is InChI=1S/C41H65NO12/c1-24-12-11-14-32(49-5)37-35(52-8)21-26(3)41(48,54-37)38(45)39(46)42-19-10-9-13-30(42)40(47)53-36(27(4)33(50-6)23-29(43)17-15-24)25(2)20-28-16-18-31(44)34(22-28)51-7/h15,20,26-28,30-37,44,48H,9-14,16-19,21-23H2,1-8H3/b24-15+,25-20+/t26-,27-,28+,30+,31-,32+,33+,34-,35+,36-,37-,41-/m1/s1. The van der Waals surface area contributed by atoms with Gasteiger partial charge in [-0.25, -0.2) is 4.79 Å². The Bertz CT molecular complexity index is 1370. The Morgan fingerprint density at radius 2 is 1.57 bits per heavy atom. The number of amides is 1. The van der Waals surface area contributed by atoms with E-state index >= 15 is 0 Å². The summed E-state index contributed by atoms with van der Waals surface area (Å²) in [7, 11) is 6.19. The van der Waals surface area contributed by atoms with Gasteiger partial charge in [0.1, 0.15) is 24.0 Å². The molecule has 0 spiro atoms. The minimum Gasteiger partial charge on any atom is -0.456 e. The fourth-order valence-electron chi connectivity index (χ4n) is 8.78. The van der Waals surface area contributed by atoms with E-state index in [0.29, 0.717) is 44.9 Å². The van der Waals surface area contributed by atoms with Crippen LogP contribution in [0, 0.1) is 17.8 Å². The number of hydrogen-bond donors (Lipinski definition) is 2. The predicted octanol–water partition coefficient (Wildman–Crippen LogP) is 4.24. The lowest BCUT2D eigenvalue weighted by Crippen LogP contribution is -2.64. The highest BCUT2D eigenvalue weighted by Gasteiger charge is 2.56. The van der Waals surface area contributed by atoms with E-state index in [1.54, 1.807) is 14.0 Å². The van der Waals surface area contributed by atoms with Gasteiger partial charge in [-0.05, 0) is 89.5 Å². The van der Waals surface area contributed by atoms with Crippen molar-refractivity contribution in [3.05, 3.63) is 23.3 Å². The molecule has 3 aliphatic heterocycles. The molecule has 2 N–H and O–H groups in total. The second-order valence-corrected chi connectivity index (χ2v) is 16.0. The number of esters is 1. The topological polar surface area (TPSA) is 167 Å². The number of aliphatic hydroxyl groups excluding tert-OH is 1. The SMILES string of the molecule is CO[C@H]1CC(=O)C/C=C(\C)CCC[C@H](OC)[C@H]2O[C@@](O)(C(=O)C(=O)N3CCCC[C@H]3C(=O)O[C@H](/C(C)=C/[C@@H]3CC[C@@H](O)[C@H](OC)C3)[C@@H]1C)[C@H](C)C[C@@H]2OC. The Labute approximate surface area is 321 Å². The van der Waals surface area contributed by atoms with Crippen LogP contribution in [0.2, 0.25) is 0 Å². The zero-order valence-electron chi connectivity index (χ0n) is 33.6. The third-order valence-electron chi connectivity index (χ3n) is 12.3. The highest BCUT2D eigenvalue weighted by molar-refractivity contribution is 6.39. The van der Waals surface area contributed by atoms with Gasteiger partial charge in [0.15, 0.2) is 0 Å². The van der Waals surface area contributed by atoms with Crippen molar-refractivity contribution in [3.63, 3.8) is 0 Å². The molecule has 1 aliphatic carbocycles. The second-order valence-electron chi connectivity index (χ2n) is 16.0. The van der Waals surface area contributed by atoms with E-state index in [0.717, 1.165) is 17.6 Å². The average molecular weight is 764 g/mol. The molecule has 13 heteroatoms. The first-order valence-electron chi connectivity index (χ1n) is 19.8. The number of fused-ring (bicyclic) bond motifs is 3. The van der Waals surface area contributed by atoms with E-state index in [1.807, 2.05) is 26.8 Å². The van der Waals surface area contributed by atoms with Gasteiger partial charge in [0.05, 0.1) is 30.5 Å². The molecule has 0 aromatic carbocycles. The first-order valence-corrected chi connectivity index (χ1v) is 19.8. The number of Topliss-reactive ketones (excluding diaryl/α,β-unsaturated/α-hetero) is 2. The molecular formula is C41H65NO12. The number of ketones is 2. The minimum atomic E-state index is -2.47. The number of hydrogen-bond acceptors (Lipinski definition) is 12. The molecule has 4 rings (SSSR count). The van der Waals surface area contributed by atoms with Crippen LogP contribution in [0.4, 0.5) is 0 Å². The van der Waals surface area contributed by atoms with Crippen LogP contribution < -0.4 is 0 Å². The van der Waals surface area contributed by atoms with Gasteiger partial charge in [-0.3, -0.25) is 14.4 Å². The number of ether oxygens (including phenoxy) is 6. The molecule has 3 heterocycles. The highest BCUT2D eigenvalue weighted by atomic mass is 16.7. The van der Waals surface area contributed by atoms with Crippen molar-refractivity contribution in [1.29, 1.82) is 0 Å². The summed E-state index contributed by atoms with van der Waals surface area (Å²) in [4.78, 5) is 57.2. The molecule has 54 heavy (non-hydrogen) atoms. The largest absolute Gasteiger partial charge is 0.456 e. The predicted molar refractivity (Wildman–Crippen MR) is 199 cm³/mol. The van der Waals surface area contributed by atoms with E-state index in [1.165, 1.54) is 26.2 Å². The Morgan fingerprint density at radius 3 is 2.24 bits per heavy atom. The fourth-order valence-corrected chi connectivity index (χ4v) is 8.78. The Hall–Kier alpha value is -2.52. The minimum absolute atomic E-state index is 0.0147. The normalized spacial score (nSPS) is 39.9. The Morgan fingerprint density at radius 1 is 0.889 bits per heavy atom. The van der Waals surface area contributed by atoms with Crippen LogP contribution >= 0.6 is 0 Å². The number of aliphatic hydroxyl groups is 2. The van der Waals surface area contributed by atoms with Gasteiger partial charge in [-0.2, -0.15) is 0 Å². The van der Waals surface area contributed by atoms with Crippen molar-refractivity contribution in [3.8, 4) is 0 Å². The summed E-state index contributed by atoms with van der Waals surface area (Å²) < 4.78 is 35.5. The monoisotopic (exact) mass is 763 g/mol. The number of piperidine rings is 1. The molecule has 1 saturated carbocycles. The maximum absolute atomic E-state index is 14.3. The van der Waals surface area contributed by atoms with E-state index in [9.17, 15) is 29.4 Å². The number of nitrogens with zero attached hydrogens (tertiary/aromatic N) is 1. The molecular weight excluding hydrogens is 698 g/mol. The first kappa shape index (κ1) is 44.2. The van der Waals surface area contributed by atoms with Crippen LogP contribution in [-0.4, -0.2) is 128 Å². The van der Waals surface area contributed by atoms with Crippen LogP contribution in [-0.2, 0) is 47.6 Å². The van der Waals surface area contributed by atoms with Crippen LogP contribution in [0.5, 0.6) is 0 Å². The summed E-state index contributed by atoms with van der Waals surface area (Å²) in [5.41, 5.74) is 1.78. The van der Waals surface area contributed by atoms with Crippen molar-refractivity contribution in [2.75, 3.05) is 35.0 Å². The molecule has 0 aromatic heterocycles. The van der Waals surface area contributed by atoms with Gasteiger partial charge in [0.2, 0.25) is 5.79 Å². The Balaban J connectivity index is 1.73. The van der Waals surface area contributed by atoms with Crippen molar-refractivity contribution < 1.29 is 57.8 Å². The van der Waals surface area contributed by atoms with Crippen LogP contribution in [0.25, 0.3) is 0 Å². The maximum Gasteiger partial charge on any atom is 0.329 e. The van der Waals surface area contributed by atoms with Crippen molar-refractivity contribution >= 4 is 23.4 Å². The van der Waals surface area contributed by atoms with E-state index < -0.39 is 77.9 Å². The number of methoxy groups -OCH3 is 4. The molecule has 0 radical (unpaired) electrons. The summed E-state index contributed by atoms with van der Waals surface area (Å²) in [6.07, 6.45) is 5.53. The van der Waals surface area contributed by atoms with Gasteiger partial charge in [0, 0.05) is 59.7 Å². The molecule has 3 fully saturated rings. The number of rotatable bonds is 6. The summed E-state index contributed by atoms with van der Waals surface area (Å²) in [6.45, 7) is 7.50. The number of allylic oxidation sites excluding steroid dienone is 3. The maximum atomic E-state index is 14.3. The summed E-state index contributed by atoms with van der Waals surface area (Å²) in [5, 5.41) is 22.3. The molecule has 306 valence electrons. The Kier molecular flexibility index (Phi) is 16.4. The van der Waals surface area contributed by atoms with Gasteiger partial charge in [0.25, 0.3) is 11.7 Å². The van der Waals surface area contributed by atoms with Gasteiger partial charge >= 0.3 is 5.97 Å². The van der Waals surface area contributed by atoms with Gasteiger partial charge in [-0.1, -0.05) is 31.6 Å². The number of cyclic esters (lactones) is 1. The van der Waals surface area contributed by atoms with Crippen molar-refractivity contribution in [1.82, 2.24) is 4.90 Å². The van der Waals surface area contributed by atoms with Crippen molar-refractivity contribution in [2.45, 2.75) is 159 Å². The number of carbonyl (C=O) groups excluding carboxylic acids is 4. The van der Waals surface area contributed by atoms with Crippen LogP contribution in [0.1, 0.15) is 105 Å². The van der Waals surface area contributed by atoms with E-state index in [-0.39, 0.29) is 50.0 Å². The molecule has 4 aliphatic rings. The lowest BCUT2D eigenvalue weighted by atomic mass is 9.82. The van der Waals surface area contributed by atoms with E-state index in [4.69, 9.17) is 28.4 Å². The lowest BCUT2D eigenvalue weighted by Gasteiger charge is -2.46. The average Bonchev–Trinajstić information content (AvgIpc) is 3.17. The molecule has 2 bridgehead atoms. The molecule has 2 saturated heterocycles. The molecule has 13 nitrogen and oxygen atoms in total. The molecule has 0 unspecified atom stereocenters. The zero-order chi connectivity index (χ0) is 39.7. The van der Waals surface area contributed by atoms with Gasteiger partial charge < -0.3 is 43.5 Å². The molecule has 12 atom stereocenters. The molecule has 1 amide bonds. The third kappa shape index (κ3) is 10.5. The van der Waals surface area contributed by atoms with Gasteiger partial charge in [-0.15, -0.1) is 0 Å². The highest BCUT2D eigenvalue weighted by Crippen LogP contribution is 2.39. The van der Waals surface area contributed by atoms with Crippen LogP contribution in [0.15, 0.2) is 23.3 Å². The fraction of sp³-hybridized carbons (Fsp3) is 0.805. The smallest absolute Gasteiger partial charge is 0.329 e. The molecule has 0 aromatic rings. The summed E-state index contributed by atoms with van der Waals surface area (Å²) >= 11 is 0. The third-order valence-corrected chi connectivity index (χ3v) is 12.3. The number of carbonyl (C=O) groups is 4. The zero-order valence-corrected chi connectivity index (χ0v) is 33.6. The first-order chi connectivity index (χ1) is 25.7. The summed E-state index contributed by atoms with van der Waals surface area (Å²) in [5.74, 6) is -6.52. The summed E-state index contributed by atoms with van der Waals surface area (Å²) in [6, 6.07) is -1.08. The van der Waals surface area contributed by atoms with Crippen molar-refractivity contribution in [2.24, 2.45) is 17.8 Å². The van der Waals surface area contributed by atoms with Crippen LogP contribution in [0.3, 0.4) is 0 Å².